The van der Waals surface area contributed by atoms with Crippen LogP contribution >= 0.6 is 11.3 Å². The van der Waals surface area contributed by atoms with Crippen LogP contribution in [0, 0.1) is 0 Å². The molecule has 0 radical (unpaired) electrons. The van der Waals surface area contributed by atoms with Crippen LogP contribution in [0.25, 0.3) is 10.1 Å². The number of unbranched alkanes of at least 4 members (excludes halogenated alkanes) is 1. The highest BCUT2D eigenvalue weighted by Gasteiger charge is 2.02. The molecule has 0 aliphatic heterocycles. The predicted molar refractivity (Wildman–Crippen MR) is 74.7 cm³/mol. The van der Waals surface area contributed by atoms with Crippen molar-refractivity contribution in [3.8, 4) is 0 Å². The number of thiophene rings is 1. The second-order valence-corrected chi connectivity index (χ2v) is 5.10. The van der Waals surface area contributed by atoms with Crippen LogP contribution in [0.2, 0.25) is 0 Å². The van der Waals surface area contributed by atoms with Gasteiger partial charge in [-0.1, -0.05) is 18.2 Å². The maximum absolute atomic E-state index is 8.66. The van der Waals surface area contributed by atoms with Crippen LogP contribution in [-0.4, -0.2) is 24.8 Å². The predicted octanol–water partition coefficient (Wildman–Crippen LogP) is 2.81. The van der Waals surface area contributed by atoms with Crippen LogP contribution in [0.5, 0.6) is 0 Å². The van der Waals surface area contributed by atoms with Gasteiger partial charge in [-0.25, -0.2) is 0 Å². The van der Waals surface area contributed by atoms with E-state index in [4.69, 9.17) is 5.11 Å². The molecule has 2 rings (SSSR count). The first-order valence-corrected chi connectivity index (χ1v) is 7.06. The zero-order chi connectivity index (χ0) is 11.9. The lowest BCUT2D eigenvalue weighted by atomic mass is 10.1. The van der Waals surface area contributed by atoms with Crippen molar-refractivity contribution in [2.45, 2.75) is 19.3 Å². The number of aliphatic hydroxyl groups excluding tert-OH is 1. The Balaban J connectivity index is 1.79. The Bertz CT molecular complexity index is 452. The van der Waals surface area contributed by atoms with Gasteiger partial charge >= 0.3 is 0 Å². The minimum absolute atomic E-state index is 0.302. The van der Waals surface area contributed by atoms with E-state index in [1.807, 2.05) is 11.3 Å². The van der Waals surface area contributed by atoms with Gasteiger partial charge in [-0.15, -0.1) is 11.3 Å². The van der Waals surface area contributed by atoms with Gasteiger partial charge in [0, 0.05) is 11.3 Å². The third kappa shape index (κ3) is 3.53. The summed E-state index contributed by atoms with van der Waals surface area (Å²) in [5.74, 6) is 0. The lowest BCUT2D eigenvalue weighted by Gasteiger charge is -2.03. The zero-order valence-corrected chi connectivity index (χ0v) is 10.8. The monoisotopic (exact) mass is 249 g/mol. The SMILES string of the molecule is OCCCCNCCc1csc2ccccc12. The van der Waals surface area contributed by atoms with E-state index in [0.717, 1.165) is 32.4 Å². The van der Waals surface area contributed by atoms with E-state index in [1.165, 1.54) is 15.6 Å². The Morgan fingerprint density at radius 2 is 2.00 bits per heavy atom. The van der Waals surface area contributed by atoms with Crippen molar-refractivity contribution in [2.24, 2.45) is 0 Å². The quantitative estimate of drug-likeness (QED) is 0.740. The van der Waals surface area contributed by atoms with E-state index >= 15 is 0 Å². The van der Waals surface area contributed by atoms with Gasteiger partial charge in [0.15, 0.2) is 0 Å². The van der Waals surface area contributed by atoms with E-state index in [0.29, 0.717) is 6.61 Å². The summed E-state index contributed by atoms with van der Waals surface area (Å²) in [7, 11) is 0. The van der Waals surface area contributed by atoms with Gasteiger partial charge in [0.25, 0.3) is 0 Å². The molecule has 0 atom stereocenters. The smallest absolute Gasteiger partial charge is 0.0431 e. The maximum atomic E-state index is 8.66. The van der Waals surface area contributed by atoms with Crippen LogP contribution in [-0.2, 0) is 6.42 Å². The molecule has 0 spiro atoms. The molecule has 0 saturated carbocycles. The average Bonchev–Trinajstić information content (AvgIpc) is 2.77. The van der Waals surface area contributed by atoms with Gasteiger partial charge < -0.3 is 10.4 Å². The Kier molecular flexibility index (Phi) is 4.98. The lowest BCUT2D eigenvalue weighted by molar-refractivity contribution is 0.284. The fraction of sp³-hybridized carbons (Fsp3) is 0.429. The molecule has 0 bridgehead atoms. The zero-order valence-electron chi connectivity index (χ0n) is 9.98. The van der Waals surface area contributed by atoms with Crippen molar-refractivity contribution < 1.29 is 5.11 Å². The molecule has 2 nitrogen and oxygen atoms in total. The highest BCUT2D eigenvalue weighted by molar-refractivity contribution is 7.17. The van der Waals surface area contributed by atoms with Crippen LogP contribution in [0.1, 0.15) is 18.4 Å². The topological polar surface area (TPSA) is 32.3 Å². The highest BCUT2D eigenvalue weighted by Crippen LogP contribution is 2.25. The van der Waals surface area contributed by atoms with Gasteiger partial charge in [0.2, 0.25) is 0 Å². The normalized spacial score (nSPS) is 11.1. The van der Waals surface area contributed by atoms with E-state index in [2.05, 4.69) is 35.0 Å². The molecular formula is C14H19NOS. The molecule has 1 aromatic heterocycles. The number of nitrogens with one attached hydrogen (secondary N) is 1. The van der Waals surface area contributed by atoms with Gasteiger partial charge in [-0.2, -0.15) is 0 Å². The molecule has 92 valence electrons. The maximum Gasteiger partial charge on any atom is 0.0431 e. The highest BCUT2D eigenvalue weighted by atomic mass is 32.1. The van der Waals surface area contributed by atoms with Crippen molar-refractivity contribution in [1.29, 1.82) is 0 Å². The summed E-state index contributed by atoms with van der Waals surface area (Å²) in [5, 5.41) is 15.7. The van der Waals surface area contributed by atoms with Crippen molar-refractivity contribution in [1.82, 2.24) is 5.32 Å². The summed E-state index contributed by atoms with van der Waals surface area (Å²) in [6.45, 7) is 2.33. The molecule has 0 amide bonds. The number of hydrogen-bond acceptors (Lipinski definition) is 3. The van der Waals surface area contributed by atoms with E-state index in [-0.39, 0.29) is 0 Å². The summed E-state index contributed by atoms with van der Waals surface area (Å²) >= 11 is 1.83. The van der Waals surface area contributed by atoms with Crippen molar-refractivity contribution in [3.05, 3.63) is 35.2 Å². The van der Waals surface area contributed by atoms with Crippen molar-refractivity contribution in [3.63, 3.8) is 0 Å². The van der Waals surface area contributed by atoms with Crippen molar-refractivity contribution in [2.75, 3.05) is 19.7 Å². The molecule has 3 heteroatoms. The standard InChI is InChI=1S/C14H19NOS/c16-10-4-3-8-15-9-7-12-11-17-14-6-2-1-5-13(12)14/h1-2,5-6,11,15-16H,3-4,7-10H2. The van der Waals surface area contributed by atoms with Crippen LogP contribution in [0.4, 0.5) is 0 Å². The molecule has 0 fully saturated rings. The molecule has 0 aliphatic carbocycles. The minimum Gasteiger partial charge on any atom is -0.396 e. The first-order valence-electron chi connectivity index (χ1n) is 6.18. The second-order valence-electron chi connectivity index (χ2n) is 4.19. The molecule has 0 aliphatic rings. The summed E-state index contributed by atoms with van der Waals surface area (Å²) in [5.41, 5.74) is 1.44. The van der Waals surface area contributed by atoms with Crippen LogP contribution in [0.15, 0.2) is 29.6 Å². The first-order chi connectivity index (χ1) is 8.42. The average molecular weight is 249 g/mol. The molecule has 0 saturated heterocycles. The minimum atomic E-state index is 0.302. The summed E-state index contributed by atoms with van der Waals surface area (Å²) in [6, 6.07) is 8.58. The first kappa shape index (κ1) is 12.6. The summed E-state index contributed by atoms with van der Waals surface area (Å²) < 4.78 is 1.38. The second kappa shape index (κ2) is 6.74. The number of hydrogen-bond donors (Lipinski definition) is 2. The van der Waals surface area contributed by atoms with Crippen LogP contribution < -0.4 is 5.32 Å². The van der Waals surface area contributed by atoms with Gasteiger partial charge in [0.05, 0.1) is 0 Å². The summed E-state index contributed by atoms with van der Waals surface area (Å²) in [4.78, 5) is 0. The molecule has 2 N–H and O–H groups in total. The van der Waals surface area contributed by atoms with Gasteiger partial charge in [-0.05, 0) is 54.7 Å². The fourth-order valence-corrected chi connectivity index (χ4v) is 2.93. The molecule has 1 aromatic carbocycles. The molecule has 2 aromatic rings. The van der Waals surface area contributed by atoms with Crippen molar-refractivity contribution >= 4 is 21.4 Å². The Labute approximate surface area is 106 Å². The van der Waals surface area contributed by atoms with E-state index < -0.39 is 0 Å². The number of aliphatic hydroxyl groups is 1. The largest absolute Gasteiger partial charge is 0.396 e. The van der Waals surface area contributed by atoms with Gasteiger partial charge in [0.1, 0.15) is 0 Å². The third-order valence-corrected chi connectivity index (χ3v) is 3.91. The number of rotatable bonds is 7. The third-order valence-electron chi connectivity index (χ3n) is 2.89. The van der Waals surface area contributed by atoms with E-state index in [9.17, 15) is 0 Å². The summed E-state index contributed by atoms with van der Waals surface area (Å²) in [6.07, 6.45) is 3.04. The lowest BCUT2D eigenvalue weighted by Crippen LogP contribution is -2.18. The Hall–Kier alpha value is -0.900. The number of benzene rings is 1. The number of fused-ring (bicyclic) bond motifs is 1. The van der Waals surface area contributed by atoms with E-state index in [1.54, 1.807) is 0 Å². The van der Waals surface area contributed by atoms with Crippen LogP contribution in [0.3, 0.4) is 0 Å². The fourth-order valence-electron chi connectivity index (χ4n) is 1.94. The molecule has 0 unspecified atom stereocenters. The Morgan fingerprint density at radius 3 is 2.88 bits per heavy atom. The Morgan fingerprint density at radius 1 is 1.12 bits per heavy atom. The van der Waals surface area contributed by atoms with Gasteiger partial charge in [-0.3, -0.25) is 0 Å². The molecule has 1 heterocycles. The molecular weight excluding hydrogens is 230 g/mol. The molecule has 17 heavy (non-hydrogen) atoms.